The first-order valence-corrected chi connectivity index (χ1v) is 10.3. The first kappa shape index (κ1) is 22.6. The number of benzene rings is 2. The van der Waals surface area contributed by atoms with Crippen LogP contribution >= 0.6 is 22.9 Å². The second kappa shape index (κ2) is 9.80. The molecular weight excluding hydrogens is 443 g/mol. The van der Waals surface area contributed by atoms with Gasteiger partial charge in [0, 0.05) is 5.69 Å². The number of rotatable bonds is 8. The molecule has 0 amide bonds. The number of carbonyl (C=O) groups is 1. The summed E-state index contributed by atoms with van der Waals surface area (Å²) in [6.07, 6.45) is 3.12. The van der Waals surface area contributed by atoms with Gasteiger partial charge < -0.3 is 19.5 Å². The van der Waals surface area contributed by atoms with Gasteiger partial charge >= 0.3 is 0 Å². The van der Waals surface area contributed by atoms with Crippen molar-refractivity contribution in [3.8, 4) is 17.2 Å². The van der Waals surface area contributed by atoms with Crippen molar-refractivity contribution in [2.24, 2.45) is 0 Å². The van der Waals surface area contributed by atoms with E-state index in [2.05, 4.69) is 10.3 Å². The molecule has 9 heteroatoms. The van der Waals surface area contributed by atoms with Crippen molar-refractivity contribution in [1.29, 1.82) is 0 Å². The van der Waals surface area contributed by atoms with Crippen LogP contribution in [0, 0.1) is 12.7 Å². The maximum Gasteiger partial charge on any atom is 0.203 e. The lowest BCUT2D eigenvalue weighted by atomic mass is 10.1. The molecular formula is C22H20ClFN2O4S. The molecule has 0 saturated heterocycles. The summed E-state index contributed by atoms with van der Waals surface area (Å²) in [5, 5.41) is 3.54. The summed E-state index contributed by atoms with van der Waals surface area (Å²) in [7, 11) is 4.58. The van der Waals surface area contributed by atoms with Crippen molar-refractivity contribution < 1.29 is 23.4 Å². The number of carbonyl (C=O) groups excluding carboxylic acids is 1. The van der Waals surface area contributed by atoms with E-state index in [9.17, 15) is 9.18 Å². The number of hydrogen-bond donors (Lipinski definition) is 1. The van der Waals surface area contributed by atoms with E-state index >= 15 is 0 Å². The Morgan fingerprint density at radius 1 is 1.13 bits per heavy atom. The Balaban J connectivity index is 1.81. The molecule has 0 fully saturated rings. The lowest BCUT2D eigenvalue weighted by molar-refractivity contribution is 0.105. The van der Waals surface area contributed by atoms with E-state index in [4.69, 9.17) is 25.8 Å². The van der Waals surface area contributed by atoms with E-state index in [0.29, 0.717) is 44.2 Å². The fourth-order valence-corrected chi connectivity index (χ4v) is 3.91. The van der Waals surface area contributed by atoms with Crippen LogP contribution in [0.3, 0.4) is 0 Å². The molecule has 0 spiro atoms. The van der Waals surface area contributed by atoms with Crippen LogP contribution in [0.25, 0.3) is 6.08 Å². The molecule has 0 radical (unpaired) electrons. The second-order valence-corrected chi connectivity index (χ2v) is 7.75. The van der Waals surface area contributed by atoms with E-state index < -0.39 is 5.82 Å². The Kier molecular flexibility index (Phi) is 7.14. The summed E-state index contributed by atoms with van der Waals surface area (Å²) < 4.78 is 29.3. The van der Waals surface area contributed by atoms with Crippen LogP contribution in [0.2, 0.25) is 5.02 Å². The fourth-order valence-electron chi connectivity index (χ4n) is 2.82. The monoisotopic (exact) mass is 462 g/mol. The zero-order valence-corrected chi connectivity index (χ0v) is 18.9. The van der Waals surface area contributed by atoms with Crippen LogP contribution in [0.1, 0.15) is 20.9 Å². The first-order chi connectivity index (χ1) is 14.9. The van der Waals surface area contributed by atoms with E-state index in [1.807, 2.05) is 0 Å². The molecule has 0 unspecified atom stereocenters. The normalized spacial score (nSPS) is 10.9. The van der Waals surface area contributed by atoms with Gasteiger partial charge in [0.25, 0.3) is 0 Å². The minimum Gasteiger partial charge on any atom is -0.493 e. The summed E-state index contributed by atoms with van der Waals surface area (Å²) in [6, 6.07) is 7.76. The molecule has 31 heavy (non-hydrogen) atoms. The Morgan fingerprint density at radius 2 is 1.81 bits per heavy atom. The number of thiazole rings is 1. The van der Waals surface area contributed by atoms with Crippen molar-refractivity contribution in [2.75, 3.05) is 26.6 Å². The topological polar surface area (TPSA) is 69.7 Å². The average Bonchev–Trinajstić information content (AvgIpc) is 3.13. The van der Waals surface area contributed by atoms with Crippen LogP contribution in [0.4, 0.5) is 15.2 Å². The molecule has 1 N–H and O–H groups in total. The standard InChI is InChI=1S/C22H20ClFN2O4S/c1-12-21(31-22(25-12)26-14-6-7-16(24)15(23)11-14)17(27)8-5-13-9-18(28-2)20(30-4)19(10-13)29-3/h5-11H,1-4H3,(H,25,26)/b8-5+. The van der Waals surface area contributed by atoms with E-state index in [0.717, 1.165) is 0 Å². The molecule has 0 bridgehead atoms. The van der Waals surface area contributed by atoms with E-state index in [1.165, 1.54) is 50.9 Å². The van der Waals surface area contributed by atoms with Crippen molar-refractivity contribution in [1.82, 2.24) is 4.98 Å². The quantitative estimate of drug-likeness (QED) is 0.331. The van der Waals surface area contributed by atoms with E-state index in [-0.39, 0.29) is 10.8 Å². The van der Waals surface area contributed by atoms with Crippen molar-refractivity contribution in [3.05, 3.63) is 63.4 Å². The lowest BCUT2D eigenvalue weighted by Crippen LogP contribution is -1.96. The third kappa shape index (κ3) is 5.15. The minimum absolute atomic E-state index is 0.00265. The molecule has 0 aliphatic rings. The first-order valence-electron chi connectivity index (χ1n) is 9.08. The third-order valence-electron chi connectivity index (χ3n) is 4.31. The smallest absolute Gasteiger partial charge is 0.203 e. The molecule has 0 aliphatic carbocycles. The number of ketones is 1. The number of aromatic nitrogens is 1. The predicted molar refractivity (Wildman–Crippen MR) is 121 cm³/mol. The second-order valence-electron chi connectivity index (χ2n) is 6.34. The maximum absolute atomic E-state index is 13.3. The summed E-state index contributed by atoms with van der Waals surface area (Å²) >= 11 is 7.01. The highest BCUT2D eigenvalue weighted by atomic mass is 35.5. The van der Waals surface area contributed by atoms with Crippen LogP contribution in [-0.4, -0.2) is 32.1 Å². The summed E-state index contributed by atoms with van der Waals surface area (Å²) in [5.74, 6) is 0.757. The zero-order valence-electron chi connectivity index (χ0n) is 17.3. The number of anilines is 2. The van der Waals surface area contributed by atoms with Gasteiger partial charge in [0.15, 0.2) is 22.4 Å². The highest BCUT2D eigenvalue weighted by Crippen LogP contribution is 2.38. The molecule has 3 aromatic rings. The lowest BCUT2D eigenvalue weighted by Gasteiger charge is -2.12. The van der Waals surface area contributed by atoms with Gasteiger partial charge in [-0.05, 0) is 48.9 Å². The Labute approximate surface area is 188 Å². The van der Waals surface area contributed by atoms with Crippen LogP contribution in [0.15, 0.2) is 36.4 Å². The third-order valence-corrected chi connectivity index (χ3v) is 5.68. The molecule has 3 rings (SSSR count). The highest BCUT2D eigenvalue weighted by Gasteiger charge is 2.15. The number of allylic oxidation sites excluding steroid dienone is 1. The van der Waals surface area contributed by atoms with Crippen LogP contribution < -0.4 is 19.5 Å². The number of methoxy groups -OCH3 is 3. The number of ether oxygens (including phenoxy) is 3. The highest BCUT2D eigenvalue weighted by molar-refractivity contribution is 7.17. The summed E-state index contributed by atoms with van der Waals surface area (Å²) in [6.45, 7) is 1.75. The molecule has 2 aromatic carbocycles. The molecule has 1 heterocycles. The van der Waals surface area contributed by atoms with Gasteiger partial charge in [-0.1, -0.05) is 29.0 Å². The maximum atomic E-state index is 13.3. The summed E-state index contributed by atoms with van der Waals surface area (Å²) in [4.78, 5) is 17.6. The Hall–Kier alpha value is -3.10. The van der Waals surface area contributed by atoms with Gasteiger partial charge in [0.2, 0.25) is 5.75 Å². The van der Waals surface area contributed by atoms with Gasteiger partial charge in [-0.3, -0.25) is 4.79 Å². The van der Waals surface area contributed by atoms with Gasteiger partial charge in [-0.25, -0.2) is 9.37 Å². The Bertz CT molecular complexity index is 1120. The molecule has 0 atom stereocenters. The summed E-state index contributed by atoms with van der Waals surface area (Å²) in [5.41, 5.74) is 1.87. The molecule has 6 nitrogen and oxygen atoms in total. The number of nitrogens with zero attached hydrogens (tertiary/aromatic N) is 1. The average molecular weight is 463 g/mol. The van der Waals surface area contributed by atoms with Gasteiger partial charge in [0.1, 0.15) is 5.82 Å². The molecule has 0 aliphatic heterocycles. The van der Waals surface area contributed by atoms with Crippen molar-refractivity contribution in [3.63, 3.8) is 0 Å². The minimum atomic E-state index is -0.504. The predicted octanol–water partition coefficient (Wildman–Crippen LogP) is 5.91. The number of halogens is 2. The van der Waals surface area contributed by atoms with Crippen LogP contribution in [-0.2, 0) is 0 Å². The van der Waals surface area contributed by atoms with E-state index in [1.54, 1.807) is 31.2 Å². The fraction of sp³-hybridized carbons (Fsp3) is 0.182. The number of hydrogen-bond acceptors (Lipinski definition) is 7. The van der Waals surface area contributed by atoms with Crippen molar-refractivity contribution in [2.45, 2.75) is 6.92 Å². The molecule has 1 aromatic heterocycles. The van der Waals surface area contributed by atoms with Crippen molar-refractivity contribution >= 4 is 45.6 Å². The zero-order chi connectivity index (χ0) is 22.5. The van der Waals surface area contributed by atoms with Gasteiger partial charge in [-0.2, -0.15) is 0 Å². The molecule has 0 saturated carbocycles. The molecule has 162 valence electrons. The van der Waals surface area contributed by atoms with Gasteiger partial charge in [-0.15, -0.1) is 0 Å². The van der Waals surface area contributed by atoms with Crippen LogP contribution in [0.5, 0.6) is 17.2 Å². The SMILES string of the molecule is COc1cc(/C=C/C(=O)c2sc(Nc3ccc(F)c(Cl)c3)nc2C)cc(OC)c1OC. The number of aryl methyl sites for hydroxylation is 1. The number of nitrogens with one attached hydrogen (secondary N) is 1. The Morgan fingerprint density at radius 3 is 2.39 bits per heavy atom. The van der Waals surface area contributed by atoms with Gasteiger partial charge in [0.05, 0.1) is 36.9 Å². The largest absolute Gasteiger partial charge is 0.493 e.